The second kappa shape index (κ2) is 3.63. The van der Waals surface area contributed by atoms with Crippen LogP contribution in [0.2, 0.25) is 0 Å². The number of ketones is 2. The zero-order valence-electron chi connectivity index (χ0n) is 9.99. The first kappa shape index (κ1) is 12.2. The summed E-state index contributed by atoms with van der Waals surface area (Å²) in [5.41, 5.74) is -2.71. The maximum absolute atomic E-state index is 12.2. The minimum absolute atomic E-state index is 0.0910. The van der Waals surface area contributed by atoms with E-state index < -0.39 is 28.9 Å². The van der Waals surface area contributed by atoms with Gasteiger partial charge in [0.1, 0.15) is 0 Å². The summed E-state index contributed by atoms with van der Waals surface area (Å²) in [7, 11) is 0. The molecule has 2 bridgehead atoms. The SMILES string of the molecule is CC(=O)OC12CCC(C)(O)C(CCC1=O)C2=O. The summed E-state index contributed by atoms with van der Waals surface area (Å²) in [5.74, 6) is -1.99. The second-order valence-electron chi connectivity index (χ2n) is 5.16. The van der Waals surface area contributed by atoms with Gasteiger partial charge in [0, 0.05) is 19.8 Å². The van der Waals surface area contributed by atoms with Crippen LogP contribution in [-0.4, -0.2) is 33.8 Å². The second-order valence-corrected chi connectivity index (χ2v) is 5.16. The van der Waals surface area contributed by atoms with Gasteiger partial charge in [-0.15, -0.1) is 0 Å². The summed E-state index contributed by atoms with van der Waals surface area (Å²) in [5, 5.41) is 10.1. The van der Waals surface area contributed by atoms with Crippen LogP contribution in [0.25, 0.3) is 0 Å². The Morgan fingerprint density at radius 2 is 2.06 bits per heavy atom. The van der Waals surface area contributed by atoms with Gasteiger partial charge in [0.2, 0.25) is 5.60 Å². The van der Waals surface area contributed by atoms with Gasteiger partial charge in [0.25, 0.3) is 0 Å². The summed E-state index contributed by atoms with van der Waals surface area (Å²) in [6, 6.07) is 0. The topological polar surface area (TPSA) is 80.7 Å². The molecule has 3 atom stereocenters. The van der Waals surface area contributed by atoms with Crippen LogP contribution in [0.1, 0.15) is 39.5 Å². The molecule has 0 heterocycles. The molecule has 0 aliphatic heterocycles. The largest absolute Gasteiger partial charge is 0.443 e. The van der Waals surface area contributed by atoms with Crippen molar-refractivity contribution >= 4 is 17.5 Å². The molecule has 0 radical (unpaired) electrons. The van der Waals surface area contributed by atoms with Crippen molar-refractivity contribution in [3.05, 3.63) is 0 Å². The van der Waals surface area contributed by atoms with Crippen molar-refractivity contribution in [1.29, 1.82) is 0 Å². The number of Topliss-reactive ketones (excluding diaryl/α,β-unsaturated/α-hetero) is 2. The zero-order chi connectivity index (χ0) is 12.8. The fourth-order valence-electron chi connectivity index (χ4n) is 2.89. The number of ether oxygens (including phenoxy) is 1. The summed E-state index contributed by atoms with van der Waals surface area (Å²) in [6.45, 7) is 2.79. The fourth-order valence-corrected chi connectivity index (χ4v) is 2.89. The number of rotatable bonds is 1. The van der Waals surface area contributed by atoms with E-state index in [1.165, 1.54) is 6.92 Å². The van der Waals surface area contributed by atoms with Crippen molar-refractivity contribution in [3.8, 4) is 0 Å². The van der Waals surface area contributed by atoms with Gasteiger partial charge in [-0.2, -0.15) is 0 Å². The van der Waals surface area contributed by atoms with Crippen molar-refractivity contribution in [2.24, 2.45) is 5.92 Å². The minimum atomic E-state index is -1.61. The molecule has 2 aliphatic carbocycles. The standard InChI is InChI=1S/C12H16O5/c1-7(13)17-12-6-5-11(2,16)8(10(12)15)3-4-9(12)14/h8,16H,3-6H2,1-2H3. The number of hydrogen-bond donors (Lipinski definition) is 1. The quantitative estimate of drug-likeness (QED) is 0.529. The van der Waals surface area contributed by atoms with Crippen molar-refractivity contribution in [2.75, 3.05) is 0 Å². The lowest BCUT2D eigenvalue weighted by Crippen LogP contribution is -2.64. The van der Waals surface area contributed by atoms with Crippen molar-refractivity contribution in [2.45, 2.75) is 50.7 Å². The van der Waals surface area contributed by atoms with E-state index in [-0.39, 0.29) is 18.6 Å². The first-order valence-electron chi connectivity index (χ1n) is 5.79. The zero-order valence-corrected chi connectivity index (χ0v) is 9.99. The third-order valence-corrected chi connectivity index (χ3v) is 3.88. The van der Waals surface area contributed by atoms with Gasteiger partial charge < -0.3 is 9.84 Å². The molecule has 3 unspecified atom stereocenters. The van der Waals surface area contributed by atoms with Gasteiger partial charge in [-0.3, -0.25) is 14.4 Å². The normalized spacial score (nSPS) is 41.2. The average molecular weight is 240 g/mol. The van der Waals surface area contributed by atoms with E-state index >= 15 is 0 Å². The Hall–Kier alpha value is -1.23. The van der Waals surface area contributed by atoms with Crippen LogP contribution in [0.15, 0.2) is 0 Å². The molecule has 17 heavy (non-hydrogen) atoms. The lowest BCUT2D eigenvalue weighted by atomic mass is 9.61. The van der Waals surface area contributed by atoms with Crippen LogP contribution in [0.4, 0.5) is 0 Å². The Kier molecular flexibility index (Phi) is 2.61. The molecule has 0 aromatic carbocycles. The van der Waals surface area contributed by atoms with Crippen molar-refractivity contribution in [3.63, 3.8) is 0 Å². The molecule has 0 saturated heterocycles. The summed E-state index contributed by atoms with van der Waals surface area (Å²) >= 11 is 0. The number of fused-ring (bicyclic) bond motifs is 2. The number of esters is 1. The van der Waals surface area contributed by atoms with Gasteiger partial charge in [-0.25, -0.2) is 0 Å². The van der Waals surface area contributed by atoms with Crippen molar-refractivity contribution in [1.82, 2.24) is 0 Å². The van der Waals surface area contributed by atoms with Crippen LogP contribution < -0.4 is 0 Å². The van der Waals surface area contributed by atoms with Crippen LogP contribution in [0, 0.1) is 5.92 Å². The Bertz CT molecular complexity index is 398. The van der Waals surface area contributed by atoms with Gasteiger partial charge in [-0.1, -0.05) is 0 Å². The summed E-state index contributed by atoms with van der Waals surface area (Å²) < 4.78 is 5.02. The molecular formula is C12H16O5. The Morgan fingerprint density at radius 1 is 1.41 bits per heavy atom. The highest BCUT2D eigenvalue weighted by atomic mass is 16.6. The molecule has 2 aliphatic rings. The van der Waals surface area contributed by atoms with Crippen LogP contribution >= 0.6 is 0 Å². The van der Waals surface area contributed by atoms with E-state index in [9.17, 15) is 19.5 Å². The Labute approximate surface area is 99.1 Å². The van der Waals surface area contributed by atoms with Crippen LogP contribution in [0.3, 0.4) is 0 Å². The molecule has 2 saturated carbocycles. The van der Waals surface area contributed by atoms with Crippen LogP contribution in [0.5, 0.6) is 0 Å². The number of aliphatic hydroxyl groups is 1. The van der Waals surface area contributed by atoms with Crippen molar-refractivity contribution < 1.29 is 24.2 Å². The first-order chi connectivity index (χ1) is 7.79. The first-order valence-corrected chi connectivity index (χ1v) is 5.79. The third kappa shape index (κ3) is 1.69. The average Bonchev–Trinajstić information content (AvgIpc) is 2.20. The highest BCUT2D eigenvalue weighted by Gasteiger charge is 2.61. The lowest BCUT2D eigenvalue weighted by Gasteiger charge is -2.47. The molecule has 1 N–H and O–H groups in total. The molecular weight excluding hydrogens is 224 g/mol. The van der Waals surface area contributed by atoms with Gasteiger partial charge in [0.05, 0.1) is 11.5 Å². The maximum atomic E-state index is 12.2. The molecule has 2 rings (SSSR count). The number of carbonyl (C=O) groups is 3. The molecule has 5 heteroatoms. The number of carbonyl (C=O) groups excluding carboxylic acids is 3. The highest BCUT2D eigenvalue weighted by molar-refractivity contribution is 6.15. The maximum Gasteiger partial charge on any atom is 0.304 e. The van der Waals surface area contributed by atoms with Gasteiger partial charge >= 0.3 is 5.97 Å². The summed E-state index contributed by atoms with van der Waals surface area (Å²) in [6.07, 6.45) is 0.906. The molecule has 0 spiro atoms. The fraction of sp³-hybridized carbons (Fsp3) is 0.750. The highest BCUT2D eigenvalue weighted by Crippen LogP contribution is 2.45. The minimum Gasteiger partial charge on any atom is -0.443 e. The lowest BCUT2D eigenvalue weighted by molar-refractivity contribution is -0.191. The molecule has 2 fully saturated rings. The molecule has 5 nitrogen and oxygen atoms in total. The van der Waals surface area contributed by atoms with E-state index in [2.05, 4.69) is 0 Å². The third-order valence-electron chi connectivity index (χ3n) is 3.88. The Balaban J connectivity index is 2.39. The van der Waals surface area contributed by atoms with E-state index in [4.69, 9.17) is 4.74 Å². The predicted octanol–water partition coefficient (Wildman–Crippen LogP) is 0.381. The van der Waals surface area contributed by atoms with E-state index in [0.29, 0.717) is 12.8 Å². The Morgan fingerprint density at radius 3 is 2.65 bits per heavy atom. The van der Waals surface area contributed by atoms with Gasteiger partial charge in [-0.05, 0) is 19.8 Å². The van der Waals surface area contributed by atoms with E-state index in [0.717, 1.165) is 0 Å². The smallest absolute Gasteiger partial charge is 0.304 e. The van der Waals surface area contributed by atoms with E-state index in [1.54, 1.807) is 6.92 Å². The predicted molar refractivity (Wildman–Crippen MR) is 57.1 cm³/mol. The molecule has 94 valence electrons. The monoisotopic (exact) mass is 240 g/mol. The summed E-state index contributed by atoms with van der Waals surface area (Å²) in [4.78, 5) is 35.2. The molecule has 0 amide bonds. The molecule has 0 aromatic heterocycles. The van der Waals surface area contributed by atoms with E-state index in [1.807, 2.05) is 0 Å². The van der Waals surface area contributed by atoms with Gasteiger partial charge in [0.15, 0.2) is 11.6 Å². The van der Waals surface area contributed by atoms with Crippen LogP contribution in [-0.2, 0) is 19.1 Å². The molecule has 0 aromatic rings. The number of hydrogen-bond acceptors (Lipinski definition) is 5.